The number of hydrogen-bond acceptors (Lipinski definition) is 3. The zero-order valence-electron chi connectivity index (χ0n) is 18.0. The molecule has 4 aromatic rings. The number of rotatable bonds is 7. The van der Waals surface area contributed by atoms with E-state index in [4.69, 9.17) is 4.74 Å². The van der Waals surface area contributed by atoms with Gasteiger partial charge in [0.15, 0.2) is 0 Å². The molecule has 0 bridgehead atoms. The van der Waals surface area contributed by atoms with E-state index in [2.05, 4.69) is 34.5 Å². The molecule has 0 radical (unpaired) electrons. The van der Waals surface area contributed by atoms with Crippen LogP contribution in [0.4, 0.5) is 0 Å². The van der Waals surface area contributed by atoms with Crippen molar-refractivity contribution in [1.82, 2.24) is 15.1 Å². The van der Waals surface area contributed by atoms with E-state index in [-0.39, 0.29) is 11.9 Å². The molecule has 5 nitrogen and oxygen atoms in total. The van der Waals surface area contributed by atoms with Crippen molar-refractivity contribution in [2.45, 2.75) is 19.4 Å². The number of amides is 1. The lowest BCUT2D eigenvalue weighted by atomic mass is 9.96. The number of aromatic nitrogens is 2. The Bertz CT molecular complexity index is 1200. The van der Waals surface area contributed by atoms with Gasteiger partial charge in [0.1, 0.15) is 11.4 Å². The molecular weight excluding hydrogens is 398 g/mol. The van der Waals surface area contributed by atoms with Crippen LogP contribution in [-0.4, -0.2) is 34.2 Å². The van der Waals surface area contributed by atoms with Gasteiger partial charge < -0.3 is 9.64 Å². The average molecular weight is 424 g/mol. The zero-order valence-corrected chi connectivity index (χ0v) is 18.0. The molecule has 0 saturated carbocycles. The third kappa shape index (κ3) is 3.66. The SMILES string of the molecule is CCOc1ccc(C2c3c(-c4ccccc4)n[nH]c3C(=O)N2CCc2ccccc2)cc1. The minimum absolute atomic E-state index is 0.00973. The van der Waals surface area contributed by atoms with Crippen molar-refractivity contribution >= 4 is 5.91 Å². The highest BCUT2D eigenvalue weighted by atomic mass is 16.5. The second-order valence-electron chi connectivity index (χ2n) is 7.87. The third-order valence-electron chi connectivity index (χ3n) is 5.90. The first-order valence-electron chi connectivity index (χ1n) is 11.0. The summed E-state index contributed by atoms with van der Waals surface area (Å²) < 4.78 is 5.63. The first kappa shape index (κ1) is 20.1. The molecule has 0 spiro atoms. The topological polar surface area (TPSA) is 58.2 Å². The van der Waals surface area contributed by atoms with Crippen molar-refractivity contribution in [3.63, 3.8) is 0 Å². The summed E-state index contributed by atoms with van der Waals surface area (Å²) in [5, 5.41) is 7.56. The number of carbonyl (C=O) groups is 1. The van der Waals surface area contributed by atoms with Gasteiger partial charge in [-0.05, 0) is 36.6 Å². The Labute approximate surface area is 187 Å². The maximum Gasteiger partial charge on any atom is 0.273 e. The summed E-state index contributed by atoms with van der Waals surface area (Å²) in [6.07, 6.45) is 0.790. The summed E-state index contributed by atoms with van der Waals surface area (Å²) in [6.45, 7) is 3.21. The lowest BCUT2D eigenvalue weighted by Crippen LogP contribution is -2.31. The van der Waals surface area contributed by atoms with Crippen molar-refractivity contribution in [2.24, 2.45) is 0 Å². The predicted molar refractivity (Wildman–Crippen MR) is 125 cm³/mol. The summed E-state index contributed by atoms with van der Waals surface area (Å²) in [6, 6.07) is 28.1. The molecule has 160 valence electrons. The van der Waals surface area contributed by atoms with Crippen molar-refractivity contribution in [1.29, 1.82) is 0 Å². The predicted octanol–water partition coefficient (Wildman–Crippen LogP) is 5.26. The van der Waals surface area contributed by atoms with Crippen molar-refractivity contribution in [3.8, 4) is 17.0 Å². The molecule has 0 aliphatic carbocycles. The Kier molecular flexibility index (Phi) is 5.46. The van der Waals surface area contributed by atoms with E-state index in [0.29, 0.717) is 18.8 Å². The maximum absolute atomic E-state index is 13.4. The monoisotopic (exact) mass is 423 g/mol. The van der Waals surface area contributed by atoms with Gasteiger partial charge in [0.25, 0.3) is 5.91 Å². The van der Waals surface area contributed by atoms with Crippen molar-refractivity contribution in [3.05, 3.63) is 107 Å². The fourth-order valence-electron chi connectivity index (χ4n) is 4.40. The largest absolute Gasteiger partial charge is 0.494 e. The summed E-state index contributed by atoms with van der Waals surface area (Å²) >= 11 is 0. The molecule has 1 N–H and O–H groups in total. The van der Waals surface area contributed by atoms with E-state index >= 15 is 0 Å². The van der Waals surface area contributed by atoms with Crippen LogP contribution in [0.3, 0.4) is 0 Å². The molecule has 32 heavy (non-hydrogen) atoms. The fraction of sp³-hybridized carbons (Fsp3) is 0.185. The van der Waals surface area contributed by atoms with E-state index in [1.54, 1.807) is 0 Å². The van der Waals surface area contributed by atoms with Gasteiger partial charge in [-0.3, -0.25) is 9.89 Å². The third-order valence-corrected chi connectivity index (χ3v) is 5.90. The second-order valence-corrected chi connectivity index (χ2v) is 7.87. The van der Waals surface area contributed by atoms with Gasteiger partial charge in [-0.1, -0.05) is 72.8 Å². The molecule has 3 aromatic carbocycles. The highest BCUT2D eigenvalue weighted by Crippen LogP contribution is 2.43. The fourth-order valence-corrected chi connectivity index (χ4v) is 4.40. The Morgan fingerprint density at radius 3 is 2.31 bits per heavy atom. The zero-order chi connectivity index (χ0) is 21.9. The molecule has 1 atom stereocenters. The highest BCUT2D eigenvalue weighted by Gasteiger charge is 2.41. The molecule has 0 saturated heterocycles. The number of benzene rings is 3. The summed E-state index contributed by atoms with van der Waals surface area (Å²) in [5.41, 5.74) is 5.61. The minimum Gasteiger partial charge on any atom is -0.494 e. The van der Waals surface area contributed by atoms with Crippen LogP contribution in [0, 0.1) is 0 Å². The molecule has 5 heteroatoms. The maximum atomic E-state index is 13.4. The van der Waals surface area contributed by atoms with Crippen LogP contribution < -0.4 is 4.74 Å². The lowest BCUT2D eigenvalue weighted by Gasteiger charge is -2.26. The van der Waals surface area contributed by atoms with Gasteiger partial charge in [-0.25, -0.2) is 0 Å². The quantitative estimate of drug-likeness (QED) is 0.441. The Balaban J connectivity index is 1.55. The summed E-state index contributed by atoms with van der Waals surface area (Å²) in [4.78, 5) is 15.4. The van der Waals surface area contributed by atoms with Crippen LogP contribution in [0.1, 0.15) is 40.1 Å². The molecule has 1 amide bonds. The number of nitrogens with zero attached hydrogens (tertiary/aromatic N) is 2. The summed E-state index contributed by atoms with van der Waals surface area (Å²) in [7, 11) is 0. The normalized spacial score (nSPS) is 15.1. The van der Waals surface area contributed by atoms with Crippen molar-refractivity contribution in [2.75, 3.05) is 13.2 Å². The van der Waals surface area contributed by atoms with Gasteiger partial charge in [-0.2, -0.15) is 5.10 Å². The van der Waals surface area contributed by atoms with Gasteiger partial charge in [0, 0.05) is 17.7 Å². The lowest BCUT2D eigenvalue weighted by molar-refractivity contribution is 0.0746. The molecule has 5 rings (SSSR count). The van der Waals surface area contributed by atoms with Crippen LogP contribution >= 0.6 is 0 Å². The van der Waals surface area contributed by atoms with Crippen LogP contribution in [0.25, 0.3) is 11.3 Å². The van der Waals surface area contributed by atoms with E-state index < -0.39 is 0 Å². The van der Waals surface area contributed by atoms with Gasteiger partial charge in [0.2, 0.25) is 0 Å². The molecule has 1 aliphatic rings. The van der Waals surface area contributed by atoms with Crippen LogP contribution in [0.5, 0.6) is 5.75 Å². The summed E-state index contributed by atoms with van der Waals surface area (Å²) in [5.74, 6) is 0.816. The standard InChI is InChI=1S/C27H25N3O2/c1-2-32-22-15-13-21(14-16-22)26-23-24(20-11-7-4-8-12-20)28-29-25(23)27(31)30(26)18-17-19-9-5-3-6-10-19/h3-16,26H,2,17-18H2,1H3,(H,28,29). The number of nitrogens with one attached hydrogen (secondary N) is 1. The minimum atomic E-state index is -0.203. The molecule has 1 unspecified atom stereocenters. The van der Waals surface area contributed by atoms with E-state index in [1.807, 2.05) is 72.5 Å². The number of carbonyl (C=O) groups excluding carboxylic acids is 1. The van der Waals surface area contributed by atoms with Gasteiger partial charge >= 0.3 is 0 Å². The van der Waals surface area contributed by atoms with Gasteiger partial charge in [-0.15, -0.1) is 0 Å². The van der Waals surface area contributed by atoms with E-state index in [9.17, 15) is 4.79 Å². The first-order valence-corrected chi connectivity index (χ1v) is 11.0. The Morgan fingerprint density at radius 2 is 1.62 bits per heavy atom. The second kappa shape index (κ2) is 8.71. The van der Waals surface area contributed by atoms with E-state index in [0.717, 1.165) is 34.6 Å². The van der Waals surface area contributed by atoms with Gasteiger partial charge in [0.05, 0.1) is 18.3 Å². The van der Waals surface area contributed by atoms with Crippen LogP contribution in [-0.2, 0) is 6.42 Å². The molecular formula is C27H25N3O2. The average Bonchev–Trinajstić information content (AvgIpc) is 3.39. The molecule has 0 fully saturated rings. The molecule has 2 heterocycles. The molecule has 1 aromatic heterocycles. The van der Waals surface area contributed by atoms with Crippen molar-refractivity contribution < 1.29 is 9.53 Å². The highest BCUT2D eigenvalue weighted by molar-refractivity contribution is 6.00. The van der Waals surface area contributed by atoms with Crippen LogP contribution in [0.15, 0.2) is 84.9 Å². The number of hydrogen-bond donors (Lipinski definition) is 1. The number of aromatic amines is 1. The van der Waals surface area contributed by atoms with Crippen LogP contribution in [0.2, 0.25) is 0 Å². The number of H-pyrrole nitrogens is 1. The number of ether oxygens (including phenoxy) is 1. The molecule has 1 aliphatic heterocycles. The smallest absolute Gasteiger partial charge is 0.273 e. The first-order chi connectivity index (χ1) is 15.8. The van der Waals surface area contributed by atoms with E-state index in [1.165, 1.54) is 5.56 Å². The number of fused-ring (bicyclic) bond motifs is 1. The Hall–Kier alpha value is -3.86. The Morgan fingerprint density at radius 1 is 0.938 bits per heavy atom.